The number of carbonyl (C=O) groups is 6. The highest BCUT2D eigenvalue weighted by molar-refractivity contribution is 6.29. The van der Waals surface area contributed by atoms with E-state index in [-0.39, 0.29) is 72.3 Å². The van der Waals surface area contributed by atoms with Gasteiger partial charge in [-0.15, -0.1) is 0 Å². The maximum atomic E-state index is 14.1. The molecule has 4 aliphatic heterocycles. The first kappa shape index (κ1) is 59.1. The Morgan fingerprint density at radius 2 is 1.25 bits per heavy atom. The first-order valence-corrected chi connectivity index (χ1v) is 27.6. The van der Waals surface area contributed by atoms with E-state index in [9.17, 15) is 28.8 Å². The van der Waals surface area contributed by atoms with Crippen LogP contribution in [-0.4, -0.2) is 133 Å². The lowest BCUT2D eigenvalue weighted by molar-refractivity contribution is -0.131. The zero-order valence-corrected chi connectivity index (χ0v) is 48.0. The van der Waals surface area contributed by atoms with Crippen LogP contribution in [0.4, 0.5) is 28.8 Å². The molecule has 0 radical (unpaired) electrons. The van der Waals surface area contributed by atoms with E-state index in [1.54, 1.807) is 92.7 Å². The van der Waals surface area contributed by atoms with E-state index in [1.807, 2.05) is 42.6 Å². The highest BCUT2D eigenvalue weighted by Gasteiger charge is 2.36. The van der Waals surface area contributed by atoms with Gasteiger partial charge in [0, 0.05) is 80.9 Å². The molecule has 23 heteroatoms. The van der Waals surface area contributed by atoms with Gasteiger partial charge >= 0.3 is 0 Å². The van der Waals surface area contributed by atoms with Gasteiger partial charge in [-0.1, -0.05) is 56.3 Å². The van der Waals surface area contributed by atoms with Gasteiger partial charge in [-0.05, 0) is 84.0 Å². The number of hydrogen-bond acceptors (Lipinski definition) is 16. The fourth-order valence-corrected chi connectivity index (χ4v) is 9.91. The monoisotopic (exact) mass is 1160 g/mol. The molecule has 22 nitrogen and oxygen atoms in total. The molecule has 436 valence electrons. The summed E-state index contributed by atoms with van der Waals surface area (Å²) in [5, 5.41) is 13.9. The summed E-state index contributed by atoms with van der Waals surface area (Å²) in [6.07, 6.45) is 10.3. The number of aliphatic imine (C=N–C) groups is 2. The molecule has 1 aromatic heterocycles. The number of nitrogens with zero attached hydrogens (tertiary/aromatic N) is 6. The summed E-state index contributed by atoms with van der Waals surface area (Å²) in [5.74, 6) is 0.146. The third-order valence-corrected chi connectivity index (χ3v) is 14.4. The zero-order valence-electron chi connectivity index (χ0n) is 47.2. The summed E-state index contributed by atoms with van der Waals surface area (Å²) in [7, 11) is 4.65. The van der Waals surface area contributed by atoms with Crippen molar-refractivity contribution in [1.29, 1.82) is 0 Å². The topological polar surface area (TPSA) is 266 Å². The molecule has 0 aliphatic carbocycles. The first-order chi connectivity index (χ1) is 40.5. The number of hydrogen-bond donors (Lipinski definition) is 5. The lowest BCUT2D eigenvalue weighted by atomic mass is 10.0. The smallest absolute Gasteiger partial charge is 0.260 e. The normalized spacial score (nSPS) is 16.3. The Morgan fingerprint density at radius 3 is 1.77 bits per heavy atom. The van der Waals surface area contributed by atoms with Crippen LogP contribution < -0.4 is 50.3 Å². The van der Waals surface area contributed by atoms with E-state index in [1.165, 1.54) is 20.3 Å². The number of amides is 6. The minimum Gasteiger partial charge on any atom is -0.497 e. The van der Waals surface area contributed by atoms with Gasteiger partial charge in [0.2, 0.25) is 29.6 Å². The van der Waals surface area contributed by atoms with Gasteiger partial charge in [0.15, 0.2) is 23.0 Å². The van der Waals surface area contributed by atoms with Crippen LogP contribution >= 0.6 is 11.6 Å². The second kappa shape index (κ2) is 26.6. The average molecular weight is 1160 g/mol. The Hall–Kier alpha value is -9.57. The molecule has 9 rings (SSSR count). The summed E-state index contributed by atoms with van der Waals surface area (Å²) >= 11 is 6.05. The summed E-state index contributed by atoms with van der Waals surface area (Å²) in [4.78, 5) is 100. The lowest BCUT2D eigenvalue weighted by Crippen LogP contribution is -2.53. The summed E-state index contributed by atoms with van der Waals surface area (Å²) in [6.45, 7) is 9.32. The van der Waals surface area contributed by atoms with Crippen molar-refractivity contribution in [2.24, 2.45) is 15.9 Å². The van der Waals surface area contributed by atoms with Crippen LogP contribution in [0.25, 0.3) is 11.1 Å². The van der Waals surface area contributed by atoms with E-state index < -0.39 is 29.8 Å². The van der Waals surface area contributed by atoms with Gasteiger partial charge in [0.05, 0.1) is 69.1 Å². The molecule has 5 aromatic rings. The van der Waals surface area contributed by atoms with Crippen molar-refractivity contribution in [3.63, 3.8) is 0 Å². The van der Waals surface area contributed by atoms with Gasteiger partial charge in [-0.2, -0.15) is 4.98 Å². The average Bonchev–Trinajstić information content (AvgIpc) is 3.99. The Bertz CT molecular complexity index is 3490. The number of halogens is 1. The van der Waals surface area contributed by atoms with Crippen molar-refractivity contribution in [2.75, 3.05) is 57.0 Å². The van der Waals surface area contributed by atoms with Gasteiger partial charge in [0.25, 0.3) is 11.8 Å². The molecule has 0 bridgehead atoms. The molecule has 0 saturated carbocycles. The Kier molecular flexibility index (Phi) is 18.7. The molecule has 4 atom stereocenters. The van der Waals surface area contributed by atoms with Gasteiger partial charge in [-0.3, -0.25) is 38.8 Å². The number of anilines is 3. The minimum absolute atomic E-state index is 0.0727. The van der Waals surface area contributed by atoms with Crippen molar-refractivity contribution in [1.82, 2.24) is 30.4 Å². The van der Waals surface area contributed by atoms with Crippen molar-refractivity contribution in [3.05, 3.63) is 131 Å². The lowest BCUT2D eigenvalue weighted by Gasteiger charge is -2.24. The Balaban J connectivity index is 0.734. The summed E-state index contributed by atoms with van der Waals surface area (Å²) in [5.41, 5.74) is 5.91. The molecule has 0 saturated heterocycles. The number of ether oxygens (including phenoxy) is 5. The minimum atomic E-state index is -0.946. The molecule has 5 heterocycles. The standard InChI is InChI=1S/C61H64ClN11O11/c1-8-54(74)69-53-29-52(62)68-61(70-53)63-20-9-11-55(75)71-56(34(2)3)58(77)66-35(4)57(76)67-40-16-12-36(13-17-40)38-23-41-30-64-46-27-50(48(81-6)25-44(46)59(78)72(41)32-38)83-21-10-22-84-51-28-47-45(26-49(51)82-7)60(79)73-33-39(24-42(73)31-65-47)37-14-18-43(80-5)19-15-37/h8,12-19,25-35,41-42,56H,1,9-11,20-24H2,2-7H3,(H,66,77)(H,67,76)(H,71,75)(H2,63,68,69,70,74)/t35-,41-,42-,56-/m0/s1. The Labute approximate surface area is 490 Å². The molecule has 4 aromatic carbocycles. The largest absolute Gasteiger partial charge is 0.497 e. The molecule has 0 unspecified atom stereocenters. The van der Waals surface area contributed by atoms with Crippen LogP contribution in [0.15, 0.2) is 114 Å². The summed E-state index contributed by atoms with van der Waals surface area (Å²) in [6, 6.07) is 20.5. The fraction of sp³-hybridized carbons (Fsp3) is 0.311. The molecule has 84 heavy (non-hydrogen) atoms. The highest BCUT2D eigenvalue weighted by Crippen LogP contribution is 2.42. The first-order valence-electron chi connectivity index (χ1n) is 27.2. The number of benzene rings is 4. The van der Waals surface area contributed by atoms with Crippen LogP contribution in [0.1, 0.15) is 84.7 Å². The van der Waals surface area contributed by atoms with E-state index in [0.717, 1.165) is 34.1 Å². The molecule has 6 amide bonds. The summed E-state index contributed by atoms with van der Waals surface area (Å²) < 4.78 is 29.0. The number of nitrogens with one attached hydrogen (secondary N) is 5. The highest BCUT2D eigenvalue weighted by atomic mass is 35.5. The van der Waals surface area contributed by atoms with Crippen molar-refractivity contribution in [2.45, 2.75) is 77.0 Å². The van der Waals surface area contributed by atoms with Crippen molar-refractivity contribution < 1.29 is 52.5 Å². The molecular weight excluding hydrogens is 1100 g/mol. The third-order valence-electron chi connectivity index (χ3n) is 14.2. The SMILES string of the molecule is C=CC(=O)Nc1cc(Cl)nc(NCCCC(=O)N[C@H](C(=O)N[C@@H](C)C(=O)Nc2ccc(C3=CN4C(=O)c5cc(OC)c(OCCCOc6cc7c(cc6OC)C(=O)N6C=C(c8ccc(OC)cc8)C[C@H]6C=N7)cc5N=C[C@@H]4C3)cc2)C(C)C)n1. The number of aromatic nitrogens is 2. The zero-order chi connectivity index (χ0) is 59.6. The quantitative estimate of drug-likeness (QED) is 0.0220. The van der Waals surface area contributed by atoms with Crippen molar-refractivity contribution in [3.8, 4) is 28.7 Å². The van der Waals surface area contributed by atoms with E-state index >= 15 is 0 Å². The van der Waals surface area contributed by atoms with Crippen molar-refractivity contribution >= 4 is 99.4 Å². The third kappa shape index (κ3) is 13.8. The maximum Gasteiger partial charge on any atom is 0.260 e. The van der Waals surface area contributed by atoms with Crippen LogP contribution in [0.5, 0.6) is 28.7 Å². The van der Waals surface area contributed by atoms with E-state index in [2.05, 4.69) is 43.1 Å². The second-order valence-corrected chi connectivity index (χ2v) is 20.7. The predicted octanol–water partition coefficient (Wildman–Crippen LogP) is 8.55. The molecule has 0 spiro atoms. The predicted molar refractivity (Wildman–Crippen MR) is 319 cm³/mol. The molecule has 0 fully saturated rings. The second-order valence-electron chi connectivity index (χ2n) is 20.4. The van der Waals surface area contributed by atoms with Gasteiger partial charge in [-0.25, -0.2) is 4.98 Å². The number of methoxy groups -OCH3 is 3. The number of rotatable bonds is 24. The van der Waals surface area contributed by atoms with Crippen LogP contribution in [-0.2, 0) is 19.2 Å². The van der Waals surface area contributed by atoms with Gasteiger partial charge in [0.1, 0.15) is 28.8 Å². The van der Waals surface area contributed by atoms with Gasteiger partial charge < -0.3 is 60.1 Å². The number of fused-ring (bicyclic) bond motifs is 4. The Morgan fingerprint density at radius 1 is 0.690 bits per heavy atom. The van der Waals surface area contributed by atoms with E-state index in [0.29, 0.717) is 83.4 Å². The maximum absolute atomic E-state index is 14.1. The fourth-order valence-electron chi connectivity index (χ4n) is 9.73. The van der Waals surface area contributed by atoms with Crippen LogP contribution in [0.3, 0.4) is 0 Å². The molecule has 5 N–H and O–H groups in total. The molecule has 4 aliphatic rings. The van der Waals surface area contributed by atoms with Crippen LogP contribution in [0, 0.1) is 5.92 Å². The number of carbonyl (C=O) groups excluding carboxylic acids is 6. The van der Waals surface area contributed by atoms with E-state index in [4.69, 9.17) is 45.3 Å². The van der Waals surface area contributed by atoms with Crippen LogP contribution in [0.2, 0.25) is 5.15 Å². The molecular formula is C61H64ClN11O11.